The minimum Gasteiger partial charge on any atom is -0.486 e. The molecule has 0 amide bonds. The molecule has 0 heterocycles. The summed E-state index contributed by atoms with van der Waals surface area (Å²) in [5, 5.41) is 18.3. The van der Waals surface area contributed by atoms with E-state index in [1.165, 1.54) is 0 Å². The van der Waals surface area contributed by atoms with Gasteiger partial charge in [-0.2, -0.15) is 0 Å². The van der Waals surface area contributed by atoms with Crippen LogP contribution in [0.15, 0.2) is 93.5 Å². The Morgan fingerprint density at radius 1 is 0.593 bits per heavy atom. The second-order valence-electron chi connectivity index (χ2n) is 5.66. The van der Waals surface area contributed by atoms with E-state index < -0.39 is 10.9 Å². The van der Waals surface area contributed by atoms with Crippen molar-refractivity contribution in [1.82, 2.24) is 0 Å². The zero-order valence-corrected chi connectivity index (χ0v) is 15.8. The Labute approximate surface area is 162 Å². The van der Waals surface area contributed by atoms with Crippen LogP contribution >= 0.6 is 0 Å². The molecule has 0 spiro atoms. The second kappa shape index (κ2) is 10.0. The fraction of sp³-hybridized carbons (Fsp3) is 0.182. The summed E-state index contributed by atoms with van der Waals surface area (Å²) in [4.78, 5) is 3.19. The molecule has 0 saturated heterocycles. The van der Waals surface area contributed by atoms with Crippen LogP contribution in [0.25, 0.3) is 0 Å². The number of ether oxygens (including phenoxy) is 2. The molecule has 3 rings (SSSR count). The van der Waals surface area contributed by atoms with Crippen molar-refractivity contribution < 1.29 is 19.7 Å². The van der Waals surface area contributed by atoms with E-state index in [1.54, 1.807) is 0 Å². The van der Waals surface area contributed by atoms with E-state index in [2.05, 4.69) is 12.1 Å². The molecule has 140 valence electrons. The SMILES string of the molecule is OCCOc1ccccc1[S+](c1ccccc1)c1ccccc1OCCO. The van der Waals surface area contributed by atoms with Gasteiger partial charge in [-0.1, -0.05) is 42.5 Å². The highest BCUT2D eigenvalue weighted by Crippen LogP contribution is 2.40. The molecule has 3 aromatic carbocycles. The van der Waals surface area contributed by atoms with Gasteiger partial charge in [0.2, 0.25) is 9.79 Å². The number of hydrogen-bond acceptors (Lipinski definition) is 4. The molecule has 4 nitrogen and oxygen atoms in total. The van der Waals surface area contributed by atoms with E-state index in [4.69, 9.17) is 19.7 Å². The molecule has 0 aliphatic carbocycles. The lowest BCUT2D eigenvalue weighted by Crippen LogP contribution is -2.12. The summed E-state index contributed by atoms with van der Waals surface area (Å²) >= 11 is 0. The third-order valence-electron chi connectivity index (χ3n) is 3.81. The fourth-order valence-corrected chi connectivity index (χ4v) is 4.98. The van der Waals surface area contributed by atoms with Crippen molar-refractivity contribution >= 4 is 10.9 Å². The maximum absolute atomic E-state index is 9.17. The third-order valence-corrected chi connectivity index (χ3v) is 6.11. The van der Waals surface area contributed by atoms with Crippen LogP contribution in [0.3, 0.4) is 0 Å². The van der Waals surface area contributed by atoms with Gasteiger partial charge in [0.05, 0.1) is 13.2 Å². The number of rotatable bonds is 9. The normalized spacial score (nSPS) is 10.8. The first-order chi connectivity index (χ1) is 13.3. The van der Waals surface area contributed by atoms with Gasteiger partial charge in [0.25, 0.3) is 0 Å². The zero-order valence-electron chi connectivity index (χ0n) is 15.0. The Kier molecular flexibility index (Phi) is 7.16. The van der Waals surface area contributed by atoms with E-state index in [9.17, 15) is 0 Å². The average Bonchev–Trinajstić information content (AvgIpc) is 2.73. The number of benzene rings is 3. The van der Waals surface area contributed by atoms with Crippen LogP contribution in [-0.4, -0.2) is 36.6 Å². The predicted octanol–water partition coefficient (Wildman–Crippen LogP) is 3.52. The minimum atomic E-state index is -0.458. The third kappa shape index (κ3) is 4.83. The molecule has 0 radical (unpaired) electrons. The number of para-hydroxylation sites is 2. The molecular weight excluding hydrogens is 360 g/mol. The summed E-state index contributed by atoms with van der Waals surface area (Å²) < 4.78 is 11.6. The van der Waals surface area contributed by atoms with Gasteiger partial charge in [0, 0.05) is 0 Å². The lowest BCUT2D eigenvalue weighted by molar-refractivity contribution is 0.198. The van der Waals surface area contributed by atoms with Gasteiger partial charge >= 0.3 is 0 Å². The summed E-state index contributed by atoms with van der Waals surface area (Å²) in [6.07, 6.45) is 0. The molecule has 0 saturated carbocycles. The van der Waals surface area contributed by atoms with E-state index in [0.29, 0.717) is 0 Å². The molecule has 0 bridgehead atoms. The lowest BCUT2D eigenvalue weighted by Gasteiger charge is -2.15. The van der Waals surface area contributed by atoms with Gasteiger partial charge < -0.3 is 19.7 Å². The minimum absolute atomic E-state index is 0.0380. The highest BCUT2D eigenvalue weighted by Gasteiger charge is 2.34. The highest BCUT2D eigenvalue weighted by atomic mass is 32.2. The Hall–Kier alpha value is -2.47. The van der Waals surface area contributed by atoms with Crippen molar-refractivity contribution in [2.24, 2.45) is 0 Å². The molecule has 0 aliphatic rings. The van der Waals surface area contributed by atoms with Crippen LogP contribution in [0.1, 0.15) is 0 Å². The quantitative estimate of drug-likeness (QED) is 0.555. The molecule has 0 fully saturated rings. The molecule has 0 aromatic heterocycles. The smallest absolute Gasteiger partial charge is 0.208 e. The van der Waals surface area contributed by atoms with Crippen molar-refractivity contribution in [3.8, 4) is 11.5 Å². The Morgan fingerprint density at radius 2 is 1.04 bits per heavy atom. The van der Waals surface area contributed by atoms with Gasteiger partial charge in [0.1, 0.15) is 24.1 Å². The Morgan fingerprint density at radius 3 is 1.52 bits per heavy atom. The van der Waals surface area contributed by atoms with Gasteiger partial charge in [-0.3, -0.25) is 0 Å². The Balaban J connectivity index is 2.12. The van der Waals surface area contributed by atoms with Crippen LogP contribution in [-0.2, 0) is 10.9 Å². The zero-order chi connectivity index (χ0) is 18.9. The Bertz CT molecular complexity index is 787. The summed E-state index contributed by atoms with van der Waals surface area (Å²) in [6.45, 7) is 0.407. The van der Waals surface area contributed by atoms with E-state index in [1.807, 2.05) is 66.7 Å². The summed E-state index contributed by atoms with van der Waals surface area (Å²) in [7, 11) is -0.458. The summed E-state index contributed by atoms with van der Waals surface area (Å²) in [6, 6.07) is 26.0. The molecule has 27 heavy (non-hydrogen) atoms. The van der Waals surface area contributed by atoms with Crippen LogP contribution in [0.2, 0.25) is 0 Å². The summed E-state index contributed by atoms with van der Waals surface area (Å²) in [5.74, 6) is 1.49. The molecule has 2 N–H and O–H groups in total. The van der Waals surface area contributed by atoms with Crippen molar-refractivity contribution in [3.63, 3.8) is 0 Å². The first-order valence-corrected chi connectivity index (χ1v) is 10.0. The monoisotopic (exact) mass is 383 g/mol. The molecule has 3 aromatic rings. The largest absolute Gasteiger partial charge is 0.486 e. The van der Waals surface area contributed by atoms with Gasteiger partial charge in [-0.15, -0.1) is 0 Å². The first-order valence-electron chi connectivity index (χ1n) is 8.80. The highest BCUT2D eigenvalue weighted by molar-refractivity contribution is 7.97. The lowest BCUT2D eigenvalue weighted by atomic mass is 10.3. The molecule has 0 unspecified atom stereocenters. The standard InChI is InChI=1S/C22H23O4S/c23-14-16-25-19-10-4-6-12-21(19)27(18-8-2-1-3-9-18)22-13-7-5-11-20(22)26-17-15-24/h1-13,23-24H,14-17H2/q+1. The van der Waals surface area contributed by atoms with E-state index in [0.717, 1.165) is 26.2 Å². The van der Waals surface area contributed by atoms with Crippen LogP contribution in [0.5, 0.6) is 11.5 Å². The van der Waals surface area contributed by atoms with Crippen molar-refractivity contribution in [2.75, 3.05) is 26.4 Å². The maximum Gasteiger partial charge on any atom is 0.208 e. The predicted molar refractivity (Wildman–Crippen MR) is 107 cm³/mol. The first kappa shape index (κ1) is 19.3. The van der Waals surface area contributed by atoms with E-state index in [-0.39, 0.29) is 26.4 Å². The van der Waals surface area contributed by atoms with Crippen molar-refractivity contribution in [1.29, 1.82) is 0 Å². The van der Waals surface area contributed by atoms with E-state index >= 15 is 0 Å². The van der Waals surface area contributed by atoms with Gasteiger partial charge in [-0.25, -0.2) is 0 Å². The summed E-state index contributed by atoms with van der Waals surface area (Å²) in [5.41, 5.74) is 0. The van der Waals surface area contributed by atoms with Crippen molar-refractivity contribution in [3.05, 3.63) is 78.9 Å². The molecular formula is C22H23O4S+. The molecule has 0 aliphatic heterocycles. The van der Waals surface area contributed by atoms with Crippen LogP contribution in [0, 0.1) is 0 Å². The topological polar surface area (TPSA) is 58.9 Å². The van der Waals surface area contributed by atoms with Gasteiger partial charge in [0.15, 0.2) is 16.4 Å². The average molecular weight is 383 g/mol. The fourth-order valence-electron chi connectivity index (χ4n) is 2.72. The molecule has 0 atom stereocenters. The van der Waals surface area contributed by atoms with Crippen LogP contribution in [0.4, 0.5) is 0 Å². The number of hydrogen-bond donors (Lipinski definition) is 2. The number of aliphatic hydroxyl groups is 2. The second-order valence-corrected chi connectivity index (χ2v) is 7.62. The maximum atomic E-state index is 9.17. The number of aliphatic hydroxyl groups excluding tert-OH is 2. The van der Waals surface area contributed by atoms with Crippen LogP contribution < -0.4 is 9.47 Å². The molecule has 5 heteroatoms. The van der Waals surface area contributed by atoms with Gasteiger partial charge in [-0.05, 0) is 36.4 Å². The van der Waals surface area contributed by atoms with Crippen molar-refractivity contribution in [2.45, 2.75) is 14.7 Å².